The maximum absolute atomic E-state index is 11.9. The molecule has 2 aromatic carbocycles. The lowest BCUT2D eigenvalue weighted by atomic mass is 10.2. The van der Waals surface area contributed by atoms with Crippen molar-refractivity contribution in [3.8, 4) is 22.8 Å². The molecule has 1 heterocycles. The zero-order chi connectivity index (χ0) is 20.1. The number of carbonyl (C=O) groups excluding carboxylic acids is 2. The van der Waals surface area contributed by atoms with Crippen molar-refractivity contribution in [1.29, 1.82) is 0 Å². The molecule has 0 saturated heterocycles. The van der Waals surface area contributed by atoms with Crippen LogP contribution in [0.4, 0.5) is 16.2 Å². The molecule has 3 N–H and O–H groups in total. The second kappa shape index (κ2) is 8.34. The van der Waals surface area contributed by atoms with Gasteiger partial charge in [0.05, 0.1) is 0 Å². The Morgan fingerprint density at radius 2 is 1.61 bits per heavy atom. The number of hydrogen-bond donors (Lipinski definition) is 3. The van der Waals surface area contributed by atoms with E-state index in [0.717, 1.165) is 0 Å². The Morgan fingerprint density at radius 1 is 0.964 bits per heavy atom. The van der Waals surface area contributed by atoms with Gasteiger partial charge in [-0.25, -0.2) is 4.79 Å². The van der Waals surface area contributed by atoms with E-state index in [9.17, 15) is 9.59 Å². The van der Waals surface area contributed by atoms with Crippen molar-refractivity contribution < 1.29 is 14.1 Å². The van der Waals surface area contributed by atoms with E-state index in [4.69, 9.17) is 4.52 Å². The lowest BCUT2D eigenvalue weighted by molar-refractivity contribution is -0.114. The average Bonchev–Trinajstić information content (AvgIpc) is 3.11. The van der Waals surface area contributed by atoms with Gasteiger partial charge in [-0.3, -0.25) is 4.79 Å². The highest BCUT2D eigenvalue weighted by Gasteiger charge is 2.12. The van der Waals surface area contributed by atoms with Crippen molar-refractivity contribution in [2.45, 2.75) is 26.8 Å². The van der Waals surface area contributed by atoms with Gasteiger partial charge in [0.25, 0.3) is 5.89 Å². The van der Waals surface area contributed by atoms with Gasteiger partial charge in [0.15, 0.2) is 0 Å². The van der Waals surface area contributed by atoms with Crippen molar-refractivity contribution >= 4 is 23.3 Å². The number of amides is 3. The van der Waals surface area contributed by atoms with Gasteiger partial charge in [-0.2, -0.15) is 4.98 Å². The van der Waals surface area contributed by atoms with Crippen molar-refractivity contribution in [1.82, 2.24) is 15.5 Å². The Bertz CT molecular complexity index is 997. The van der Waals surface area contributed by atoms with Gasteiger partial charge < -0.3 is 20.5 Å². The highest BCUT2D eigenvalue weighted by Crippen LogP contribution is 2.25. The molecule has 0 atom stereocenters. The van der Waals surface area contributed by atoms with Crippen LogP contribution in [0.5, 0.6) is 0 Å². The highest BCUT2D eigenvalue weighted by molar-refractivity contribution is 5.90. The minimum absolute atomic E-state index is 0.0382. The number of benzene rings is 2. The number of hydrogen-bond acceptors (Lipinski definition) is 5. The minimum atomic E-state index is -0.282. The van der Waals surface area contributed by atoms with E-state index in [1.165, 1.54) is 6.92 Å². The molecule has 0 unspecified atom stereocenters. The van der Waals surface area contributed by atoms with Gasteiger partial charge >= 0.3 is 6.03 Å². The van der Waals surface area contributed by atoms with Crippen molar-refractivity contribution in [2.24, 2.45) is 0 Å². The first-order valence-electron chi connectivity index (χ1n) is 8.80. The molecule has 3 amide bonds. The largest absolute Gasteiger partial charge is 0.336 e. The van der Waals surface area contributed by atoms with Crippen LogP contribution in [0.25, 0.3) is 22.8 Å². The normalized spacial score (nSPS) is 10.6. The number of carbonyl (C=O) groups is 2. The van der Waals surface area contributed by atoms with E-state index >= 15 is 0 Å². The van der Waals surface area contributed by atoms with E-state index < -0.39 is 0 Å². The number of anilines is 2. The second-order valence-corrected chi connectivity index (χ2v) is 6.52. The Labute approximate surface area is 162 Å². The van der Waals surface area contributed by atoms with E-state index in [0.29, 0.717) is 34.2 Å². The summed E-state index contributed by atoms with van der Waals surface area (Å²) in [5.41, 5.74) is 2.66. The molecule has 3 aromatic rings. The quantitative estimate of drug-likeness (QED) is 0.623. The molecule has 3 rings (SSSR count). The molecule has 0 spiro atoms. The van der Waals surface area contributed by atoms with E-state index in [1.54, 1.807) is 36.4 Å². The molecule has 0 fully saturated rings. The highest BCUT2D eigenvalue weighted by atomic mass is 16.5. The first-order valence-corrected chi connectivity index (χ1v) is 8.80. The first-order chi connectivity index (χ1) is 13.4. The number of aromatic nitrogens is 2. The standard InChI is InChI=1S/C20H21N5O3/c1-12(2)21-20(27)23-17-9-4-6-14(10-17)18-24-19(28-25-18)15-7-5-8-16(11-15)22-13(3)26/h4-12H,1-3H3,(H,22,26)(H2,21,23,27). The Balaban J connectivity index is 1.80. The number of nitrogens with zero attached hydrogens (tertiary/aromatic N) is 2. The number of urea groups is 1. The summed E-state index contributed by atoms with van der Waals surface area (Å²) in [7, 11) is 0. The molecule has 28 heavy (non-hydrogen) atoms. The van der Waals surface area contributed by atoms with Gasteiger partial charge in [0, 0.05) is 35.5 Å². The predicted octanol–water partition coefficient (Wildman–Crippen LogP) is 3.89. The molecular weight excluding hydrogens is 358 g/mol. The third-order valence-electron chi connectivity index (χ3n) is 3.65. The predicted molar refractivity (Wildman–Crippen MR) is 107 cm³/mol. The van der Waals surface area contributed by atoms with Crippen LogP contribution in [0, 0.1) is 0 Å². The molecule has 0 aliphatic carbocycles. The molecule has 8 heteroatoms. The summed E-state index contributed by atoms with van der Waals surface area (Å²) in [6, 6.07) is 14.1. The molecule has 0 saturated carbocycles. The molecule has 8 nitrogen and oxygen atoms in total. The van der Waals surface area contributed by atoms with Crippen LogP contribution in [0.2, 0.25) is 0 Å². The Morgan fingerprint density at radius 3 is 2.29 bits per heavy atom. The van der Waals surface area contributed by atoms with E-state index in [2.05, 4.69) is 26.1 Å². The summed E-state index contributed by atoms with van der Waals surface area (Å²) in [4.78, 5) is 27.5. The van der Waals surface area contributed by atoms with Crippen LogP contribution in [0.3, 0.4) is 0 Å². The monoisotopic (exact) mass is 379 g/mol. The fraction of sp³-hybridized carbons (Fsp3) is 0.200. The SMILES string of the molecule is CC(=O)Nc1cccc(-c2nc(-c3cccc(NC(=O)NC(C)C)c3)no2)c1. The molecule has 0 bridgehead atoms. The zero-order valence-corrected chi connectivity index (χ0v) is 15.8. The first kappa shape index (κ1) is 19.1. The number of nitrogens with one attached hydrogen (secondary N) is 3. The van der Waals surface area contributed by atoms with Crippen LogP contribution in [0.15, 0.2) is 53.1 Å². The topological polar surface area (TPSA) is 109 Å². The molecular formula is C20H21N5O3. The summed E-state index contributed by atoms with van der Waals surface area (Å²) in [5, 5.41) is 12.3. The number of rotatable bonds is 5. The zero-order valence-electron chi connectivity index (χ0n) is 15.8. The minimum Gasteiger partial charge on any atom is -0.336 e. The summed E-state index contributed by atoms with van der Waals surface area (Å²) in [5.74, 6) is 0.570. The molecule has 1 aromatic heterocycles. The molecule has 0 radical (unpaired) electrons. The van der Waals surface area contributed by atoms with Gasteiger partial charge in [-0.1, -0.05) is 23.4 Å². The van der Waals surface area contributed by atoms with Gasteiger partial charge in [0.1, 0.15) is 0 Å². The second-order valence-electron chi connectivity index (χ2n) is 6.52. The third-order valence-corrected chi connectivity index (χ3v) is 3.65. The third kappa shape index (κ3) is 4.94. The fourth-order valence-electron chi connectivity index (χ4n) is 2.56. The molecule has 144 valence electrons. The van der Waals surface area contributed by atoms with Crippen molar-refractivity contribution in [2.75, 3.05) is 10.6 Å². The Hall–Kier alpha value is -3.68. The lowest BCUT2D eigenvalue weighted by Crippen LogP contribution is -2.34. The van der Waals surface area contributed by atoms with Crippen LogP contribution in [-0.4, -0.2) is 28.1 Å². The fourth-order valence-corrected chi connectivity index (χ4v) is 2.56. The lowest BCUT2D eigenvalue weighted by Gasteiger charge is -2.10. The van der Waals surface area contributed by atoms with Gasteiger partial charge in [-0.15, -0.1) is 0 Å². The van der Waals surface area contributed by atoms with Gasteiger partial charge in [-0.05, 0) is 44.2 Å². The summed E-state index contributed by atoms with van der Waals surface area (Å²) < 4.78 is 5.37. The van der Waals surface area contributed by atoms with E-state index in [1.807, 2.05) is 26.0 Å². The molecule has 0 aliphatic rings. The van der Waals surface area contributed by atoms with E-state index in [-0.39, 0.29) is 18.0 Å². The molecule has 0 aliphatic heterocycles. The van der Waals surface area contributed by atoms with Gasteiger partial charge in [0.2, 0.25) is 11.7 Å². The van der Waals surface area contributed by atoms with Crippen molar-refractivity contribution in [3.63, 3.8) is 0 Å². The smallest absolute Gasteiger partial charge is 0.319 e. The summed E-state index contributed by atoms with van der Waals surface area (Å²) >= 11 is 0. The Kier molecular flexibility index (Phi) is 5.69. The van der Waals surface area contributed by atoms with Crippen LogP contribution in [-0.2, 0) is 4.79 Å². The van der Waals surface area contributed by atoms with Crippen LogP contribution >= 0.6 is 0 Å². The average molecular weight is 379 g/mol. The van der Waals surface area contributed by atoms with Crippen LogP contribution in [0.1, 0.15) is 20.8 Å². The van der Waals surface area contributed by atoms with Crippen molar-refractivity contribution in [3.05, 3.63) is 48.5 Å². The maximum Gasteiger partial charge on any atom is 0.319 e. The summed E-state index contributed by atoms with van der Waals surface area (Å²) in [6.07, 6.45) is 0. The van der Waals surface area contributed by atoms with Crippen LogP contribution < -0.4 is 16.0 Å². The maximum atomic E-state index is 11.9. The summed E-state index contributed by atoms with van der Waals surface area (Å²) in [6.45, 7) is 5.22.